The summed E-state index contributed by atoms with van der Waals surface area (Å²) in [5, 5.41) is 4.50. The van der Waals surface area contributed by atoms with Gasteiger partial charge in [-0.3, -0.25) is 16.0 Å². The Hall–Kier alpha value is -0.920. The van der Waals surface area contributed by atoms with Crippen molar-refractivity contribution in [2.45, 2.75) is 32.7 Å². The summed E-state index contributed by atoms with van der Waals surface area (Å²) in [5.74, 6) is 5.78. The molecule has 2 rings (SSSR count). The van der Waals surface area contributed by atoms with Gasteiger partial charge in [0.2, 0.25) is 0 Å². The van der Waals surface area contributed by atoms with Gasteiger partial charge in [-0.25, -0.2) is 0 Å². The number of hydrogen-bond donors (Lipinski definition) is 2. The molecule has 4 nitrogen and oxygen atoms in total. The lowest BCUT2D eigenvalue weighted by Crippen LogP contribution is -2.30. The van der Waals surface area contributed by atoms with Gasteiger partial charge in [0.1, 0.15) is 0 Å². The zero-order chi connectivity index (χ0) is 14.7. The summed E-state index contributed by atoms with van der Waals surface area (Å²) in [7, 11) is 1.99. The minimum absolute atomic E-state index is 0.0990. The monoisotopic (exact) mass is 384 g/mol. The number of nitrogens with two attached hydrogens (primary N) is 1. The minimum Gasteiger partial charge on any atom is -0.272 e. The maximum absolute atomic E-state index is 5.78. The Morgan fingerprint density at radius 2 is 2.20 bits per heavy atom. The van der Waals surface area contributed by atoms with Crippen LogP contribution in [-0.2, 0) is 19.9 Å². The van der Waals surface area contributed by atoms with E-state index in [2.05, 4.69) is 71.2 Å². The number of rotatable bonds is 5. The lowest BCUT2D eigenvalue weighted by atomic mass is 10.0. The van der Waals surface area contributed by atoms with E-state index in [9.17, 15) is 0 Å². The van der Waals surface area contributed by atoms with Gasteiger partial charge in [-0.1, -0.05) is 25.1 Å². The highest BCUT2D eigenvalue weighted by Crippen LogP contribution is 2.25. The second-order valence-electron chi connectivity index (χ2n) is 5.01. The first-order valence-corrected chi connectivity index (χ1v) is 7.87. The zero-order valence-corrected chi connectivity index (χ0v) is 14.3. The molecular formula is C15H21IN4. The number of aromatic nitrogens is 2. The third kappa shape index (κ3) is 3.21. The van der Waals surface area contributed by atoms with Gasteiger partial charge in [-0.2, -0.15) is 5.10 Å². The summed E-state index contributed by atoms with van der Waals surface area (Å²) in [6, 6.07) is 8.60. The summed E-state index contributed by atoms with van der Waals surface area (Å²) >= 11 is 2.39. The van der Waals surface area contributed by atoms with E-state index < -0.39 is 0 Å². The van der Waals surface area contributed by atoms with Crippen LogP contribution in [0.15, 0.2) is 24.3 Å². The smallest absolute Gasteiger partial charge is 0.0624 e. The average Bonchev–Trinajstić information content (AvgIpc) is 2.80. The first-order chi connectivity index (χ1) is 9.56. The van der Waals surface area contributed by atoms with E-state index in [1.165, 1.54) is 20.4 Å². The number of hydrazine groups is 1. The standard InChI is InChI=1S/C15H21IN4/c1-4-11-8-12(20(3)19-11)9-14(18-17)13-7-5-6-10(2)15(13)16/h5-8,14,18H,4,9,17H2,1-3H3. The van der Waals surface area contributed by atoms with Gasteiger partial charge >= 0.3 is 0 Å². The van der Waals surface area contributed by atoms with Gasteiger partial charge in [0.15, 0.2) is 0 Å². The van der Waals surface area contributed by atoms with Crippen molar-refractivity contribution in [3.63, 3.8) is 0 Å². The lowest BCUT2D eigenvalue weighted by molar-refractivity contribution is 0.527. The van der Waals surface area contributed by atoms with Gasteiger partial charge in [-0.15, -0.1) is 0 Å². The molecule has 0 bridgehead atoms. The molecule has 0 saturated carbocycles. The molecule has 0 radical (unpaired) electrons. The fourth-order valence-corrected chi connectivity index (χ4v) is 3.08. The molecule has 0 aliphatic heterocycles. The summed E-state index contributed by atoms with van der Waals surface area (Å²) in [6.45, 7) is 4.24. The van der Waals surface area contributed by atoms with Gasteiger partial charge in [0.25, 0.3) is 0 Å². The first-order valence-electron chi connectivity index (χ1n) is 6.79. The molecule has 108 valence electrons. The molecule has 1 aromatic carbocycles. The molecule has 1 atom stereocenters. The van der Waals surface area contributed by atoms with Crippen molar-refractivity contribution in [3.05, 3.63) is 50.4 Å². The molecule has 0 spiro atoms. The number of nitrogens with zero attached hydrogens (tertiary/aromatic N) is 2. The van der Waals surface area contributed by atoms with Crippen molar-refractivity contribution in [2.24, 2.45) is 12.9 Å². The summed E-state index contributed by atoms with van der Waals surface area (Å²) in [5.41, 5.74) is 7.79. The molecule has 0 amide bonds. The first kappa shape index (κ1) is 15.5. The number of aryl methyl sites for hydroxylation is 3. The van der Waals surface area contributed by atoms with Crippen molar-refractivity contribution in [3.8, 4) is 0 Å². The predicted octanol–water partition coefficient (Wildman–Crippen LogP) is 2.64. The van der Waals surface area contributed by atoms with E-state index in [1.54, 1.807) is 0 Å². The molecule has 1 heterocycles. The molecule has 0 aliphatic rings. The summed E-state index contributed by atoms with van der Waals surface area (Å²) < 4.78 is 3.22. The number of benzene rings is 1. The van der Waals surface area contributed by atoms with Crippen LogP contribution in [-0.4, -0.2) is 9.78 Å². The normalized spacial score (nSPS) is 12.7. The van der Waals surface area contributed by atoms with Crippen molar-refractivity contribution >= 4 is 22.6 Å². The topological polar surface area (TPSA) is 55.9 Å². The number of halogens is 1. The minimum atomic E-state index is 0.0990. The molecule has 0 aliphatic carbocycles. The fourth-order valence-electron chi connectivity index (χ4n) is 2.34. The largest absolute Gasteiger partial charge is 0.272 e. The fraction of sp³-hybridized carbons (Fsp3) is 0.400. The van der Waals surface area contributed by atoms with Crippen molar-refractivity contribution in [2.75, 3.05) is 0 Å². The summed E-state index contributed by atoms with van der Waals surface area (Å²) in [6.07, 6.45) is 1.79. The summed E-state index contributed by atoms with van der Waals surface area (Å²) in [4.78, 5) is 0. The Labute approximate surface area is 133 Å². The molecule has 2 aromatic rings. The van der Waals surface area contributed by atoms with Crippen molar-refractivity contribution < 1.29 is 0 Å². The van der Waals surface area contributed by atoms with Crippen molar-refractivity contribution in [1.29, 1.82) is 0 Å². The van der Waals surface area contributed by atoms with Gasteiger partial charge < -0.3 is 0 Å². The molecule has 20 heavy (non-hydrogen) atoms. The maximum atomic E-state index is 5.78. The highest BCUT2D eigenvalue weighted by atomic mass is 127. The molecule has 0 saturated heterocycles. The highest BCUT2D eigenvalue weighted by molar-refractivity contribution is 14.1. The van der Waals surface area contributed by atoms with Crippen LogP contribution >= 0.6 is 22.6 Å². The van der Waals surface area contributed by atoms with Gasteiger partial charge in [-0.05, 0) is 53.1 Å². The van der Waals surface area contributed by atoms with Crippen molar-refractivity contribution in [1.82, 2.24) is 15.2 Å². The Morgan fingerprint density at radius 3 is 2.80 bits per heavy atom. The van der Waals surface area contributed by atoms with Gasteiger partial charge in [0.05, 0.1) is 11.7 Å². The van der Waals surface area contributed by atoms with Crippen LogP contribution in [0, 0.1) is 10.5 Å². The zero-order valence-electron chi connectivity index (χ0n) is 12.2. The Bertz CT molecular complexity index is 592. The van der Waals surface area contributed by atoms with Crippen LogP contribution in [0.1, 0.15) is 35.5 Å². The predicted molar refractivity (Wildman–Crippen MR) is 90.3 cm³/mol. The van der Waals surface area contributed by atoms with E-state index in [0.29, 0.717) is 0 Å². The molecule has 1 unspecified atom stereocenters. The van der Waals surface area contributed by atoms with E-state index >= 15 is 0 Å². The quantitative estimate of drug-likeness (QED) is 0.474. The molecule has 1 aromatic heterocycles. The van der Waals surface area contributed by atoms with E-state index in [0.717, 1.165) is 18.5 Å². The maximum Gasteiger partial charge on any atom is 0.0624 e. The second kappa shape index (κ2) is 6.69. The average molecular weight is 384 g/mol. The van der Waals surface area contributed by atoms with Crippen LogP contribution in [0.25, 0.3) is 0 Å². The second-order valence-corrected chi connectivity index (χ2v) is 6.08. The number of hydrogen-bond acceptors (Lipinski definition) is 3. The third-order valence-electron chi connectivity index (χ3n) is 3.60. The molecule has 3 N–H and O–H groups in total. The van der Waals surface area contributed by atoms with Crippen LogP contribution in [0.3, 0.4) is 0 Å². The van der Waals surface area contributed by atoms with E-state index in [-0.39, 0.29) is 6.04 Å². The highest BCUT2D eigenvalue weighted by Gasteiger charge is 2.17. The van der Waals surface area contributed by atoms with Gasteiger partial charge in [0, 0.05) is 22.7 Å². The van der Waals surface area contributed by atoms with Crippen LogP contribution in [0.2, 0.25) is 0 Å². The molecule has 5 heteroatoms. The Morgan fingerprint density at radius 1 is 1.45 bits per heavy atom. The van der Waals surface area contributed by atoms with Crippen LogP contribution < -0.4 is 11.3 Å². The Kier molecular flexibility index (Phi) is 5.17. The van der Waals surface area contributed by atoms with E-state index in [4.69, 9.17) is 5.84 Å². The lowest BCUT2D eigenvalue weighted by Gasteiger charge is -2.19. The number of nitrogens with one attached hydrogen (secondary N) is 1. The molecule has 0 fully saturated rings. The van der Waals surface area contributed by atoms with Crippen LogP contribution in [0.5, 0.6) is 0 Å². The SMILES string of the molecule is CCc1cc(CC(NN)c2cccc(C)c2I)n(C)n1. The third-order valence-corrected chi connectivity index (χ3v) is 5.07. The Balaban J connectivity index is 2.28. The van der Waals surface area contributed by atoms with Crippen LogP contribution in [0.4, 0.5) is 0 Å². The molecular weight excluding hydrogens is 363 g/mol. The van der Waals surface area contributed by atoms with E-state index in [1.807, 2.05) is 11.7 Å².